The molecule has 0 bridgehead atoms. The summed E-state index contributed by atoms with van der Waals surface area (Å²) in [4.78, 5) is 37.6. The number of hydrogen-bond donors (Lipinski definition) is 0. The van der Waals surface area contributed by atoms with Gasteiger partial charge in [0, 0.05) is 19.3 Å². The van der Waals surface area contributed by atoms with E-state index in [-0.39, 0.29) is 31.1 Å². The quantitative estimate of drug-likeness (QED) is 0.0268. The zero-order chi connectivity index (χ0) is 39.4. The van der Waals surface area contributed by atoms with Gasteiger partial charge in [-0.1, -0.05) is 191 Å². The van der Waals surface area contributed by atoms with Crippen molar-refractivity contribution in [2.24, 2.45) is 0 Å². The van der Waals surface area contributed by atoms with E-state index in [1.807, 2.05) is 0 Å². The summed E-state index contributed by atoms with van der Waals surface area (Å²) >= 11 is 0. The van der Waals surface area contributed by atoms with E-state index in [0.717, 1.165) is 89.9 Å². The van der Waals surface area contributed by atoms with Gasteiger partial charge in [0.2, 0.25) is 0 Å². The molecule has 312 valence electrons. The third-order valence-electron chi connectivity index (χ3n) is 9.60. The fourth-order valence-electron chi connectivity index (χ4n) is 6.20. The summed E-state index contributed by atoms with van der Waals surface area (Å²) in [7, 11) is 0. The first-order valence-corrected chi connectivity index (χ1v) is 22.6. The second kappa shape index (κ2) is 43.1. The lowest BCUT2D eigenvalue weighted by molar-refractivity contribution is -0.167. The lowest BCUT2D eigenvalue weighted by Crippen LogP contribution is -2.30. The standard InChI is InChI=1S/C48H84O6/c1-4-7-10-13-16-19-21-22-23-24-25-27-29-32-35-38-41-47(50)53-44-45(43-52-46(49)40-37-34-31-28-18-15-12-9-6-3)54-48(51)42-39-36-33-30-26-20-17-14-11-8-5-2/h7,10,16,19,22-23,25,27,45H,4-6,8-9,11-15,17-18,20-21,24,26,28-44H2,1-3H3/b10-7-,19-16-,23-22-,27-25-. The molecule has 0 aromatic carbocycles. The van der Waals surface area contributed by atoms with Gasteiger partial charge >= 0.3 is 17.9 Å². The molecule has 0 radical (unpaired) electrons. The minimum atomic E-state index is -0.778. The minimum absolute atomic E-state index is 0.0809. The third-order valence-corrected chi connectivity index (χ3v) is 9.60. The Kier molecular flexibility index (Phi) is 41.0. The van der Waals surface area contributed by atoms with Gasteiger partial charge in [-0.2, -0.15) is 0 Å². The highest BCUT2D eigenvalue weighted by atomic mass is 16.6. The van der Waals surface area contributed by atoms with Crippen LogP contribution in [-0.4, -0.2) is 37.2 Å². The van der Waals surface area contributed by atoms with Crippen molar-refractivity contribution in [3.63, 3.8) is 0 Å². The van der Waals surface area contributed by atoms with Crippen LogP contribution in [0.1, 0.15) is 220 Å². The molecule has 6 heteroatoms. The number of esters is 3. The first kappa shape index (κ1) is 51.4. The van der Waals surface area contributed by atoms with Gasteiger partial charge in [0.1, 0.15) is 13.2 Å². The van der Waals surface area contributed by atoms with Crippen LogP contribution in [0.4, 0.5) is 0 Å². The molecule has 0 saturated heterocycles. The molecule has 0 aromatic heterocycles. The normalized spacial score (nSPS) is 12.4. The SMILES string of the molecule is CC/C=C\C/C=C\C/C=C\C/C=C\CCCCCC(=O)OCC(COC(=O)CCCCCCCCCCC)OC(=O)CCCCCCCCCCCCC. The van der Waals surface area contributed by atoms with Gasteiger partial charge < -0.3 is 14.2 Å². The Bertz CT molecular complexity index is 964. The van der Waals surface area contributed by atoms with Gasteiger partial charge in [-0.3, -0.25) is 14.4 Å². The van der Waals surface area contributed by atoms with Crippen molar-refractivity contribution < 1.29 is 28.6 Å². The predicted molar refractivity (Wildman–Crippen MR) is 229 cm³/mol. The van der Waals surface area contributed by atoms with E-state index in [1.165, 1.54) is 89.9 Å². The number of allylic oxidation sites excluding steroid dienone is 8. The van der Waals surface area contributed by atoms with Crippen LogP contribution < -0.4 is 0 Å². The molecule has 6 nitrogen and oxygen atoms in total. The van der Waals surface area contributed by atoms with Crippen LogP contribution in [0.25, 0.3) is 0 Å². The van der Waals surface area contributed by atoms with E-state index in [4.69, 9.17) is 14.2 Å². The molecule has 54 heavy (non-hydrogen) atoms. The van der Waals surface area contributed by atoms with Crippen LogP contribution in [0, 0.1) is 0 Å². The molecular weight excluding hydrogens is 673 g/mol. The Morgan fingerprint density at radius 1 is 0.389 bits per heavy atom. The molecule has 0 heterocycles. The number of rotatable bonds is 40. The molecule has 0 spiro atoms. The fourth-order valence-corrected chi connectivity index (χ4v) is 6.20. The van der Waals surface area contributed by atoms with E-state index in [0.29, 0.717) is 19.3 Å². The predicted octanol–water partition coefficient (Wildman–Crippen LogP) is 14.4. The second-order valence-corrected chi connectivity index (χ2v) is 14.9. The summed E-state index contributed by atoms with van der Waals surface area (Å²) in [5.74, 6) is -0.916. The van der Waals surface area contributed by atoms with Crippen LogP contribution in [0.3, 0.4) is 0 Å². The molecule has 0 fully saturated rings. The summed E-state index contributed by atoms with van der Waals surface area (Å²) in [6.45, 7) is 6.46. The van der Waals surface area contributed by atoms with Crippen molar-refractivity contribution in [2.45, 2.75) is 226 Å². The first-order valence-electron chi connectivity index (χ1n) is 22.6. The number of carbonyl (C=O) groups is 3. The molecule has 0 aliphatic carbocycles. The van der Waals surface area contributed by atoms with Gasteiger partial charge in [-0.15, -0.1) is 0 Å². The van der Waals surface area contributed by atoms with E-state index in [2.05, 4.69) is 69.4 Å². The van der Waals surface area contributed by atoms with Crippen molar-refractivity contribution in [3.8, 4) is 0 Å². The van der Waals surface area contributed by atoms with Crippen LogP contribution in [0.5, 0.6) is 0 Å². The zero-order valence-electron chi connectivity index (χ0n) is 35.5. The smallest absolute Gasteiger partial charge is 0.306 e. The zero-order valence-corrected chi connectivity index (χ0v) is 35.5. The Hall–Kier alpha value is -2.63. The Morgan fingerprint density at radius 3 is 1.13 bits per heavy atom. The number of carbonyl (C=O) groups excluding carboxylic acids is 3. The van der Waals surface area contributed by atoms with Gasteiger partial charge in [0.15, 0.2) is 6.10 Å². The number of hydrogen-bond acceptors (Lipinski definition) is 6. The monoisotopic (exact) mass is 757 g/mol. The Morgan fingerprint density at radius 2 is 0.722 bits per heavy atom. The molecule has 0 N–H and O–H groups in total. The number of unbranched alkanes of at least 4 members (excludes halogenated alkanes) is 21. The largest absolute Gasteiger partial charge is 0.462 e. The summed E-state index contributed by atoms with van der Waals surface area (Å²) < 4.78 is 16.7. The maximum absolute atomic E-state index is 12.7. The van der Waals surface area contributed by atoms with Crippen LogP contribution in [0.2, 0.25) is 0 Å². The van der Waals surface area contributed by atoms with Crippen LogP contribution in [-0.2, 0) is 28.6 Å². The highest BCUT2D eigenvalue weighted by molar-refractivity contribution is 5.71. The van der Waals surface area contributed by atoms with Gasteiger partial charge in [0.25, 0.3) is 0 Å². The van der Waals surface area contributed by atoms with Gasteiger partial charge in [-0.05, 0) is 57.8 Å². The lowest BCUT2D eigenvalue weighted by Gasteiger charge is -2.18. The van der Waals surface area contributed by atoms with E-state index in [9.17, 15) is 14.4 Å². The highest BCUT2D eigenvalue weighted by Crippen LogP contribution is 2.14. The molecule has 0 aliphatic rings. The van der Waals surface area contributed by atoms with Crippen LogP contribution in [0.15, 0.2) is 48.6 Å². The van der Waals surface area contributed by atoms with Crippen molar-refractivity contribution in [2.75, 3.05) is 13.2 Å². The summed E-state index contributed by atoms with van der Waals surface area (Å²) in [5.41, 5.74) is 0. The number of ether oxygens (including phenoxy) is 3. The Labute approximate surface area is 333 Å². The van der Waals surface area contributed by atoms with Crippen LogP contribution >= 0.6 is 0 Å². The molecule has 1 atom stereocenters. The molecular formula is C48H84O6. The van der Waals surface area contributed by atoms with Crippen molar-refractivity contribution >= 4 is 17.9 Å². The van der Waals surface area contributed by atoms with Gasteiger partial charge in [-0.25, -0.2) is 0 Å². The lowest BCUT2D eigenvalue weighted by atomic mass is 10.1. The molecule has 1 unspecified atom stereocenters. The topological polar surface area (TPSA) is 78.9 Å². The van der Waals surface area contributed by atoms with Crippen molar-refractivity contribution in [3.05, 3.63) is 48.6 Å². The Balaban J connectivity index is 4.39. The summed E-state index contributed by atoms with van der Waals surface area (Å²) in [6, 6.07) is 0. The molecule has 0 aromatic rings. The van der Waals surface area contributed by atoms with Gasteiger partial charge in [0.05, 0.1) is 0 Å². The summed E-state index contributed by atoms with van der Waals surface area (Å²) in [6.07, 6.45) is 49.5. The maximum atomic E-state index is 12.7. The average molecular weight is 757 g/mol. The molecule has 0 aliphatic heterocycles. The summed E-state index contributed by atoms with van der Waals surface area (Å²) in [5, 5.41) is 0. The molecule has 0 saturated carbocycles. The van der Waals surface area contributed by atoms with E-state index < -0.39 is 6.10 Å². The minimum Gasteiger partial charge on any atom is -0.462 e. The van der Waals surface area contributed by atoms with Crippen molar-refractivity contribution in [1.82, 2.24) is 0 Å². The fraction of sp³-hybridized carbons (Fsp3) is 0.771. The van der Waals surface area contributed by atoms with Crippen molar-refractivity contribution in [1.29, 1.82) is 0 Å². The first-order chi connectivity index (χ1) is 26.5. The molecule has 0 amide bonds. The maximum Gasteiger partial charge on any atom is 0.306 e. The average Bonchev–Trinajstić information content (AvgIpc) is 3.17. The van der Waals surface area contributed by atoms with E-state index >= 15 is 0 Å². The second-order valence-electron chi connectivity index (χ2n) is 14.9. The molecule has 0 rings (SSSR count). The van der Waals surface area contributed by atoms with E-state index in [1.54, 1.807) is 0 Å². The third kappa shape index (κ3) is 40.6. The highest BCUT2D eigenvalue weighted by Gasteiger charge is 2.19.